The lowest BCUT2D eigenvalue weighted by Gasteiger charge is -2.10. The van der Waals surface area contributed by atoms with Gasteiger partial charge in [0.25, 0.3) is 0 Å². The molecule has 1 atom stereocenters. The summed E-state index contributed by atoms with van der Waals surface area (Å²) in [5.41, 5.74) is 7.35. The minimum absolute atomic E-state index is 0.0963. The van der Waals surface area contributed by atoms with E-state index in [-0.39, 0.29) is 18.5 Å². The van der Waals surface area contributed by atoms with Crippen molar-refractivity contribution in [3.63, 3.8) is 0 Å². The molecule has 2 aromatic rings. The van der Waals surface area contributed by atoms with Gasteiger partial charge in [0.1, 0.15) is 18.2 Å². The molecule has 0 fully saturated rings. The van der Waals surface area contributed by atoms with Crippen LogP contribution in [-0.4, -0.2) is 6.04 Å². The predicted octanol–water partition coefficient (Wildman–Crippen LogP) is 3.95. The molecule has 0 aromatic heterocycles. The van der Waals surface area contributed by atoms with Gasteiger partial charge in [0.05, 0.1) is 0 Å². The molecule has 106 valence electrons. The highest BCUT2D eigenvalue weighted by molar-refractivity contribution is 6.30. The van der Waals surface area contributed by atoms with Crippen LogP contribution in [0.1, 0.15) is 18.1 Å². The lowest BCUT2D eigenvalue weighted by atomic mass is 10.1. The third kappa shape index (κ3) is 4.22. The summed E-state index contributed by atoms with van der Waals surface area (Å²) in [4.78, 5) is 0. The summed E-state index contributed by atoms with van der Waals surface area (Å²) in [6.07, 6.45) is 0.784. The zero-order valence-electron chi connectivity index (χ0n) is 11.3. The summed E-state index contributed by atoms with van der Waals surface area (Å²) in [7, 11) is 0. The highest BCUT2D eigenvalue weighted by atomic mass is 35.5. The average molecular weight is 294 g/mol. The second kappa shape index (κ2) is 6.73. The largest absolute Gasteiger partial charge is 0.489 e. The molecule has 0 aliphatic carbocycles. The first-order chi connectivity index (χ1) is 9.54. The van der Waals surface area contributed by atoms with Crippen molar-refractivity contribution in [2.24, 2.45) is 5.73 Å². The molecule has 0 heterocycles. The van der Waals surface area contributed by atoms with Crippen LogP contribution in [0.5, 0.6) is 5.75 Å². The molecule has 0 radical (unpaired) electrons. The van der Waals surface area contributed by atoms with Gasteiger partial charge in [0, 0.05) is 16.6 Å². The number of ether oxygens (including phenoxy) is 1. The Labute approximate surface area is 123 Å². The minimum atomic E-state index is -0.357. The third-order valence-electron chi connectivity index (χ3n) is 2.87. The van der Waals surface area contributed by atoms with Gasteiger partial charge < -0.3 is 10.5 Å². The van der Waals surface area contributed by atoms with E-state index in [1.807, 2.05) is 31.2 Å². The van der Waals surface area contributed by atoms with Gasteiger partial charge in [-0.3, -0.25) is 0 Å². The molecular weight excluding hydrogens is 277 g/mol. The summed E-state index contributed by atoms with van der Waals surface area (Å²) in [5, 5.41) is 0.380. The number of benzene rings is 2. The molecule has 2 rings (SSSR count). The van der Waals surface area contributed by atoms with Gasteiger partial charge in [0.15, 0.2) is 0 Å². The van der Waals surface area contributed by atoms with Crippen molar-refractivity contribution in [2.45, 2.75) is 26.0 Å². The SMILES string of the molecule is CC(N)Cc1cccc(OCc2ccc(Cl)cc2F)c1. The van der Waals surface area contributed by atoms with E-state index in [1.54, 1.807) is 12.1 Å². The first kappa shape index (κ1) is 14.8. The highest BCUT2D eigenvalue weighted by Gasteiger charge is 2.05. The van der Waals surface area contributed by atoms with Crippen molar-refractivity contribution < 1.29 is 9.13 Å². The Bertz CT molecular complexity index is 586. The number of halogens is 2. The molecule has 0 aliphatic heterocycles. The zero-order chi connectivity index (χ0) is 14.5. The molecule has 1 unspecified atom stereocenters. The normalized spacial score (nSPS) is 12.2. The van der Waals surface area contributed by atoms with E-state index in [9.17, 15) is 4.39 Å². The molecule has 4 heteroatoms. The van der Waals surface area contributed by atoms with E-state index >= 15 is 0 Å². The molecule has 0 spiro atoms. The topological polar surface area (TPSA) is 35.2 Å². The van der Waals surface area contributed by atoms with Crippen molar-refractivity contribution >= 4 is 11.6 Å². The Morgan fingerprint density at radius 2 is 2.05 bits per heavy atom. The van der Waals surface area contributed by atoms with E-state index in [1.165, 1.54) is 6.07 Å². The maximum Gasteiger partial charge on any atom is 0.131 e. The Balaban J connectivity index is 2.03. The fourth-order valence-electron chi connectivity index (χ4n) is 1.93. The quantitative estimate of drug-likeness (QED) is 0.906. The highest BCUT2D eigenvalue weighted by Crippen LogP contribution is 2.19. The summed E-state index contributed by atoms with van der Waals surface area (Å²) in [6, 6.07) is 12.3. The van der Waals surface area contributed by atoms with Gasteiger partial charge in [0.2, 0.25) is 0 Å². The molecule has 0 saturated carbocycles. The number of hydrogen-bond donors (Lipinski definition) is 1. The van der Waals surface area contributed by atoms with Crippen LogP contribution in [0.15, 0.2) is 42.5 Å². The van der Waals surface area contributed by atoms with Crippen molar-refractivity contribution in [3.8, 4) is 5.75 Å². The van der Waals surface area contributed by atoms with E-state index in [0.717, 1.165) is 12.0 Å². The average Bonchev–Trinajstić information content (AvgIpc) is 2.37. The van der Waals surface area contributed by atoms with Crippen LogP contribution in [0.3, 0.4) is 0 Å². The molecule has 20 heavy (non-hydrogen) atoms. The number of rotatable bonds is 5. The Morgan fingerprint density at radius 1 is 1.25 bits per heavy atom. The van der Waals surface area contributed by atoms with Gasteiger partial charge in [-0.25, -0.2) is 4.39 Å². The fraction of sp³-hybridized carbons (Fsp3) is 0.250. The molecular formula is C16H17ClFNO. The first-order valence-electron chi connectivity index (χ1n) is 6.46. The second-order valence-electron chi connectivity index (χ2n) is 4.85. The van der Waals surface area contributed by atoms with E-state index in [0.29, 0.717) is 16.3 Å². The standard InChI is InChI=1S/C16H17ClFNO/c1-11(19)7-12-3-2-4-15(8-12)20-10-13-5-6-14(17)9-16(13)18/h2-6,8-9,11H,7,10,19H2,1H3. The van der Waals surface area contributed by atoms with Crippen molar-refractivity contribution in [1.82, 2.24) is 0 Å². The van der Waals surface area contributed by atoms with E-state index in [4.69, 9.17) is 22.1 Å². The van der Waals surface area contributed by atoms with Crippen LogP contribution in [-0.2, 0) is 13.0 Å². The molecule has 2 aromatic carbocycles. The van der Waals surface area contributed by atoms with Crippen LogP contribution < -0.4 is 10.5 Å². The summed E-state index contributed by atoms with van der Waals surface area (Å²) < 4.78 is 19.2. The van der Waals surface area contributed by atoms with Crippen LogP contribution >= 0.6 is 11.6 Å². The maximum absolute atomic E-state index is 13.6. The number of nitrogens with two attached hydrogens (primary N) is 1. The molecule has 0 bridgehead atoms. The minimum Gasteiger partial charge on any atom is -0.489 e. The zero-order valence-corrected chi connectivity index (χ0v) is 12.0. The van der Waals surface area contributed by atoms with Gasteiger partial charge >= 0.3 is 0 Å². The lowest BCUT2D eigenvalue weighted by Crippen LogP contribution is -2.17. The maximum atomic E-state index is 13.6. The summed E-state index contributed by atoms with van der Waals surface area (Å²) >= 11 is 5.71. The van der Waals surface area contributed by atoms with Gasteiger partial charge in [-0.05, 0) is 43.2 Å². The third-order valence-corrected chi connectivity index (χ3v) is 3.10. The Hall–Kier alpha value is -1.58. The molecule has 0 saturated heterocycles. The number of hydrogen-bond acceptors (Lipinski definition) is 2. The molecule has 0 amide bonds. The van der Waals surface area contributed by atoms with Crippen LogP contribution in [0, 0.1) is 5.82 Å². The smallest absolute Gasteiger partial charge is 0.131 e. The van der Waals surface area contributed by atoms with Crippen molar-refractivity contribution in [2.75, 3.05) is 0 Å². The summed E-state index contributed by atoms with van der Waals surface area (Å²) in [5.74, 6) is 0.349. The van der Waals surface area contributed by atoms with Crippen LogP contribution in [0.25, 0.3) is 0 Å². The Morgan fingerprint density at radius 3 is 2.75 bits per heavy atom. The first-order valence-corrected chi connectivity index (χ1v) is 6.83. The monoisotopic (exact) mass is 293 g/mol. The second-order valence-corrected chi connectivity index (χ2v) is 5.29. The van der Waals surface area contributed by atoms with E-state index in [2.05, 4.69) is 0 Å². The summed E-state index contributed by atoms with van der Waals surface area (Å²) in [6.45, 7) is 2.13. The van der Waals surface area contributed by atoms with Crippen LogP contribution in [0.2, 0.25) is 5.02 Å². The van der Waals surface area contributed by atoms with E-state index < -0.39 is 0 Å². The van der Waals surface area contributed by atoms with Gasteiger partial charge in [-0.1, -0.05) is 29.8 Å². The van der Waals surface area contributed by atoms with Gasteiger partial charge in [-0.15, -0.1) is 0 Å². The molecule has 2 N–H and O–H groups in total. The fourth-order valence-corrected chi connectivity index (χ4v) is 2.09. The van der Waals surface area contributed by atoms with Crippen LogP contribution in [0.4, 0.5) is 4.39 Å². The molecule has 0 aliphatic rings. The lowest BCUT2D eigenvalue weighted by molar-refractivity contribution is 0.299. The Kier molecular flexibility index (Phi) is 4.99. The van der Waals surface area contributed by atoms with Crippen molar-refractivity contribution in [1.29, 1.82) is 0 Å². The van der Waals surface area contributed by atoms with Crippen molar-refractivity contribution in [3.05, 3.63) is 64.4 Å². The molecule has 2 nitrogen and oxygen atoms in total. The van der Waals surface area contributed by atoms with Gasteiger partial charge in [-0.2, -0.15) is 0 Å². The predicted molar refractivity (Wildman–Crippen MR) is 79.5 cm³/mol.